The summed E-state index contributed by atoms with van der Waals surface area (Å²) in [6.45, 7) is 6.32. The summed E-state index contributed by atoms with van der Waals surface area (Å²) < 4.78 is 5.41. The van der Waals surface area contributed by atoms with Crippen LogP contribution >= 0.6 is 35.6 Å². The Morgan fingerprint density at radius 3 is 2.42 bits per heavy atom. The molecular weight excluding hydrogens is 465 g/mol. The number of hydrogen-bond donors (Lipinski definition) is 3. The van der Waals surface area contributed by atoms with Crippen LogP contribution in [0, 0.1) is 0 Å². The minimum atomic E-state index is 0. The molecule has 0 amide bonds. The zero-order chi connectivity index (χ0) is 18.1. The van der Waals surface area contributed by atoms with E-state index in [0.29, 0.717) is 25.4 Å². The van der Waals surface area contributed by atoms with Crippen molar-refractivity contribution in [1.29, 1.82) is 0 Å². The fourth-order valence-corrected chi connectivity index (χ4v) is 2.35. The van der Waals surface area contributed by atoms with Gasteiger partial charge in [0, 0.05) is 18.1 Å². The van der Waals surface area contributed by atoms with E-state index in [1.54, 1.807) is 6.07 Å². The number of nitrogens with zero attached hydrogens (tertiary/aromatic N) is 1. The largest absolute Gasteiger partial charge is 0.504 e. The van der Waals surface area contributed by atoms with Crippen LogP contribution in [-0.4, -0.2) is 24.2 Å². The lowest BCUT2D eigenvalue weighted by Crippen LogP contribution is -2.36. The molecule has 7 heteroatoms. The lowest BCUT2D eigenvalue weighted by molar-refractivity contribution is 0.318. The molecule has 0 aliphatic heterocycles. The van der Waals surface area contributed by atoms with Crippen LogP contribution in [0.1, 0.15) is 25.0 Å². The van der Waals surface area contributed by atoms with Crippen molar-refractivity contribution in [2.75, 3.05) is 13.2 Å². The third-order valence-corrected chi connectivity index (χ3v) is 3.71. The summed E-state index contributed by atoms with van der Waals surface area (Å²) in [6, 6.07) is 13.0. The molecular formula is C19H25ClIN3O2. The molecule has 142 valence electrons. The second kappa shape index (κ2) is 11.9. The first kappa shape index (κ1) is 22.4. The van der Waals surface area contributed by atoms with Crippen LogP contribution in [0.3, 0.4) is 0 Å². The van der Waals surface area contributed by atoms with Gasteiger partial charge in [0.15, 0.2) is 17.5 Å². The highest BCUT2D eigenvalue weighted by atomic mass is 127. The van der Waals surface area contributed by atoms with Crippen LogP contribution in [0.4, 0.5) is 0 Å². The van der Waals surface area contributed by atoms with Gasteiger partial charge in [-0.3, -0.25) is 0 Å². The number of benzene rings is 2. The Kier molecular flexibility index (Phi) is 10.2. The van der Waals surface area contributed by atoms with Gasteiger partial charge in [0.25, 0.3) is 0 Å². The summed E-state index contributed by atoms with van der Waals surface area (Å²) in [5, 5.41) is 17.0. The van der Waals surface area contributed by atoms with E-state index in [9.17, 15) is 5.11 Å². The molecule has 3 N–H and O–H groups in total. The van der Waals surface area contributed by atoms with Gasteiger partial charge in [0.05, 0.1) is 13.2 Å². The van der Waals surface area contributed by atoms with Crippen molar-refractivity contribution in [2.24, 2.45) is 4.99 Å². The number of aromatic hydroxyl groups is 1. The van der Waals surface area contributed by atoms with Gasteiger partial charge in [-0.2, -0.15) is 0 Å². The third kappa shape index (κ3) is 7.29. The number of halogens is 2. The number of phenolic OH excluding ortho intramolecular Hbond substituents is 1. The summed E-state index contributed by atoms with van der Waals surface area (Å²) in [6.07, 6.45) is 0. The van der Waals surface area contributed by atoms with Gasteiger partial charge in [0.2, 0.25) is 0 Å². The zero-order valence-corrected chi connectivity index (χ0v) is 18.0. The maximum Gasteiger partial charge on any atom is 0.191 e. The molecule has 0 atom stereocenters. The summed E-state index contributed by atoms with van der Waals surface area (Å²) >= 11 is 5.90. The average Bonchev–Trinajstić information content (AvgIpc) is 2.61. The predicted octanol–water partition coefficient (Wildman–Crippen LogP) is 4.32. The van der Waals surface area contributed by atoms with Gasteiger partial charge in [-0.25, -0.2) is 4.99 Å². The monoisotopic (exact) mass is 489 g/mol. The lowest BCUT2D eigenvalue weighted by Gasteiger charge is -2.12. The number of ether oxygens (including phenoxy) is 1. The molecule has 2 aromatic carbocycles. The quantitative estimate of drug-likeness (QED) is 0.308. The van der Waals surface area contributed by atoms with Crippen LogP contribution in [0.2, 0.25) is 5.02 Å². The van der Waals surface area contributed by atoms with Gasteiger partial charge < -0.3 is 20.5 Å². The number of nitrogens with one attached hydrogen (secondary N) is 2. The van der Waals surface area contributed by atoms with Crippen molar-refractivity contribution in [1.82, 2.24) is 10.6 Å². The molecule has 0 radical (unpaired) electrons. The molecule has 0 fully saturated rings. The normalized spacial score (nSPS) is 10.8. The fraction of sp³-hybridized carbons (Fsp3) is 0.316. The molecule has 2 aromatic rings. The number of phenols is 1. The van der Waals surface area contributed by atoms with Gasteiger partial charge in [-0.1, -0.05) is 29.8 Å². The Morgan fingerprint density at radius 1 is 1.08 bits per heavy atom. The maximum absolute atomic E-state index is 9.76. The molecule has 0 heterocycles. The summed E-state index contributed by atoms with van der Waals surface area (Å²) in [5.74, 6) is 1.35. The Labute approximate surface area is 176 Å². The number of rotatable bonds is 7. The Balaban J connectivity index is 0.00000338. The first-order valence-corrected chi connectivity index (χ1v) is 8.71. The van der Waals surface area contributed by atoms with E-state index in [4.69, 9.17) is 16.3 Å². The molecule has 0 saturated heterocycles. The molecule has 0 aliphatic carbocycles. The highest BCUT2D eigenvalue weighted by molar-refractivity contribution is 14.0. The SMILES string of the molecule is CCNC(=NCc1ccc(O)c(OCC)c1)NCc1ccc(Cl)cc1.I. The van der Waals surface area contributed by atoms with E-state index in [1.165, 1.54) is 0 Å². The predicted molar refractivity (Wildman–Crippen MR) is 118 cm³/mol. The van der Waals surface area contributed by atoms with Crippen LogP contribution < -0.4 is 15.4 Å². The Morgan fingerprint density at radius 2 is 1.77 bits per heavy atom. The van der Waals surface area contributed by atoms with Crippen LogP contribution in [0.25, 0.3) is 0 Å². The first-order chi connectivity index (χ1) is 12.1. The molecule has 0 spiro atoms. The number of hydrogen-bond acceptors (Lipinski definition) is 3. The van der Waals surface area contributed by atoms with Gasteiger partial charge in [-0.15, -0.1) is 24.0 Å². The minimum Gasteiger partial charge on any atom is -0.504 e. The second-order valence-corrected chi connectivity index (χ2v) is 5.85. The first-order valence-electron chi connectivity index (χ1n) is 8.33. The van der Waals surface area contributed by atoms with E-state index in [0.717, 1.165) is 28.7 Å². The summed E-state index contributed by atoms with van der Waals surface area (Å²) in [5.41, 5.74) is 2.09. The molecule has 26 heavy (non-hydrogen) atoms. The van der Waals surface area contributed by atoms with E-state index in [2.05, 4.69) is 15.6 Å². The Bertz CT molecular complexity index is 708. The highest BCUT2D eigenvalue weighted by Gasteiger charge is 2.04. The van der Waals surface area contributed by atoms with E-state index in [1.807, 2.05) is 50.2 Å². The molecule has 5 nitrogen and oxygen atoms in total. The minimum absolute atomic E-state index is 0. The Hall–Kier alpha value is -1.67. The van der Waals surface area contributed by atoms with E-state index in [-0.39, 0.29) is 29.7 Å². The van der Waals surface area contributed by atoms with E-state index >= 15 is 0 Å². The maximum atomic E-state index is 9.76. The van der Waals surface area contributed by atoms with Crippen molar-refractivity contribution in [2.45, 2.75) is 26.9 Å². The molecule has 0 saturated carbocycles. The zero-order valence-electron chi connectivity index (χ0n) is 15.0. The van der Waals surface area contributed by atoms with Gasteiger partial charge in [0.1, 0.15) is 0 Å². The van der Waals surface area contributed by atoms with Gasteiger partial charge >= 0.3 is 0 Å². The summed E-state index contributed by atoms with van der Waals surface area (Å²) in [7, 11) is 0. The second-order valence-electron chi connectivity index (χ2n) is 5.41. The molecule has 0 aromatic heterocycles. The van der Waals surface area contributed by atoms with Gasteiger partial charge in [-0.05, 0) is 49.2 Å². The smallest absolute Gasteiger partial charge is 0.191 e. The third-order valence-electron chi connectivity index (χ3n) is 3.46. The van der Waals surface area contributed by atoms with Crippen LogP contribution in [0.5, 0.6) is 11.5 Å². The average molecular weight is 490 g/mol. The lowest BCUT2D eigenvalue weighted by atomic mass is 10.2. The fourth-order valence-electron chi connectivity index (χ4n) is 2.23. The van der Waals surface area contributed by atoms with Crippen molar-refractivity contribution in [3.63, 3.8) is 0 Å². The van der Waals surface area contributed by atoms with E-state index < -0.39 is 0 Å². The number of aliphatic imine (C=N–C) groups is 1. The molecule has 0 bridgehead atoms. The van der Waals surface area contributed by atoms with Crippen molar-refractivity contribution in [3.05, 3.63) is 58.6 Å². The standard InChI is InChI=1S/C19H24ClN3O2.HI/c1-3-21-19(22-12-14-5-8-16(20)9-6-14)23-13-15-7-10-17(24)18(11-15)25-4-2;/h5-11,24H,3-4,12-13H2,1-2H3,(H2,21,22,23);1H. The topological polar surface area (TPSA) is 65.9 Å². The van der Waals surface area contributed by atoms with Crippen LogP contribution in [0.15, 0.2) is 47.5 Å². The van der Waals surface area contributed by atoms with Crippen molar-refractivity contribution >= 4 is 41.5 Å². The number of guanidine groups is 1. The van der Waals surface area contributed by atoms with Crippen molar-refractivity contribution < 1.29 is 9.84 Å². The molecule has 0 unspecified atom stereocenters. The summed E-state index contributed by atoms with van der Waals surface area (Å²) in [4.78, 5) is 4.58. The van der Waals surface area contributed by atoms with Crippen LogP contribution in [-0.2, 0) is 13.1 Å². The van der Waals surface area contributed by atoms with Crippen molar-refractivity contribution in [3.8, 4) is 11.5 Å². The molecule has 2 rings (SSSR count). The highest BCUT2D eigenvalue weighted by Crippen LogP contribution is 2.27. The molecule has 0 aliphatic rings.